The average Bonchev–Trinajstić information content (AvgIpc) is 2.95. The first-order valence-electron chi connectivity index (χ1n) is 12.3. The second-order valence-electron chi connectivity index (χ2n) is 8.67. The molecule has 2 heterocycles. The second-order valence-corrected chi connectivity index (χ2v) is 9.59. The van der Waals surface area contributed by atoms with Crippen molar-refractivity contribution < 1.29 is 18.7 Å². The lowest BCUT2D eigenvalue weighted by Gasteiger charge is -2.15. The SMILES string of the molecule is CCNC(=O)c1cc(Oc2ccc(NC(=O)c3cn(-c4ccc(Br)cc4F)c4ccccc4c3=O)cc2)ccn1. The van der Waals surface area contributed by atoms with E-state index in [1.165, 1.54) is 29.1 Å². The predicted octanol–water partition coefficient (Wildman–Crippen LogP) is 6.08. The molecule has 0 unspecified atom stereocenters. The van der Waals surface area contributed by atoms with E-state index in [0.717, 1.165) is 0 Å². The summed E-state index contributed by atoms with van der Waals surface area (Å²) < 4.78 is 22.7. The van der Waals surface area contributed by atoms with Crippen LogP contribution in [0, 0.1) is 5.82 Å². The van der Waals surface area contributed by atoms with Gasteiger partial charge < -0.3 is 19.9 Å². The van der Waals surface area contributed by atoms with Gasteiger partial charge in [0, 0.05) is 40.6 Å². The molecule has 2 N–H and O–H groups in total. The van der Waals surface area contributed by atoms with Crippen LogP contribution in [0.4, 0.5) is 10.1 Å². The van der Waals surface area contributed by atoms with Gasteiger partial charge in [0.2, 0.25) is 5.43 Å². The van der Waals surface area contributed by atoms with Gasteiger partial charge in [-0.05, 0) is 67.6 Å². The zero-order chi connectivity index (χ0) is 28.2. The number of benzene rings is 3. The van der Waals surface area contributed by atoms with Gasteiger partial charge in [0.15, 0.2) is 0 Å². The lowest BCUT2D eigenvalue weighted by atomic mass is 10.1. The van der Waals surface area contributed by atoms with E-state index >= 15 is 0 Å². The van der Waals surface area contributed by atoms with Gasteiger partial charge in [0.05, 0.1) is 11.2 Å². The molecule has 0 spiro atoms. The molecule has 0 bridgehead atoms. The molecule has 0 atom stereocenters. The standard InChI is InChI=1S/C30H22BrFN4O4/c1-2-33-30(39)25-16-21(13-14-34-25)40-20-10-8-19(9-11-20)35-29(38)23-17-36(27-12-7-18(31)15-24(27)32)26-6-4-3-5-22(26)28(23)37/h3-17H,2H2,1H3,(H,33,39)(H,35,38). The molecule has 0 aliphatic rings. The van der Waals surface area contributed by atoms with Crippen LogP contribution in [-0.2, 0) is 0 Å². The van der Waals surface area contributed by atoms with Crippen molar-refractivity contribution in [3.05, 3.63) is 123 Å². The maximum Gasteiger partial charge on any atom is 0.270 e. The Morgan fingerprint density at radius 1 is 0.975 bits per heavy atom. The number of anilines is 1. The number of nitrogens with one attached hydrogen (secondary N) is 2. The summed E-state index contributed by atoms with van der Waals surface area (Å²) in [5, 5.41) is 5.69. The number of hydrogen-bond donors (Lipinski definition) is 2. The Balaban J connectivity index is 1.40. The van der Waals surface area contributed by atoms with Crippen molar-refractivity contribution in [2.45, 2.75) is 6.92 Å². The van der Waals surface area contributed by atoms with E-state index in [1.807, 2.05) is 6.92 Å². The second kappa shape index (κ2) is 11.5. The first kappa shape index (κ1) is 26.8. The molecule has 8 nitrogen and oxygen atoms in total. The Hall–Kier alpha value is -4.83. The number of para-hydroxylation sites is 1. The van der Waals surface area contributed by atoms with Crippen molar-refractivity contribution in [1.29, 1.82) is 0 Å². The molecule has 5 rings (SSSR count). The minimum atomic E-state index is -0.642. The number of carbonyl (C=O) groups is 2. The van der Waals surface area contributed by atoms with Gasteiger partial charge in [0.1, 0.15) is 28.6 Å². The number of amides is 2. The highest BCUT2D eigenvalue weighted by Gasteiger charge is 2.18. The number of pyridine rings is 2. The summed E-state index contributed by atoms with van der Waals surface area (Å²) in [6.07, 6.45) is 2.82. The zero-order valence-corrected chi connectivity index (χ0v) is 22.7. The minimum Gasteiger partial charge on any atom is -0.457 e. The van der Waals surface area contributed by atoms with E-state index < -0.39 is 17.2 Å². The van der Waals surface area contributed by atoms with E-state index in [9.17, 15) is 18.8 Å². The third-order valence-electron chi connectivity index (χ3n) is 5.97. The lowest BCUT2D eigenvalue weighted by molar-refractivity contribution is 0.0949. The molecule has 40 heavy (non-hydrogen) atoms. The Bertz CT molecular complexity index is 1800. The minimum absolute atomic E-state index is 0.143. The Labute approximate surface area is 236 Å². The Morgan fingerprint density at radius 2 is 1.75 bits per heavy atom. The summed E-state index contributed by atoms with van der Waals surface area (Å²) in [7, 11) is 0. The van der Waals surface area contributed by atoms with Gasteiger partial charge in [-0.3, -0.25) is 19.4 Å². The maximum absolute atomic E-state index is 14.9. The Morgan fingerprint density at radius 3 is 2.50 bits per heavy atom. The van der Waals surface area contributed by atoms with Crippen LogP contribution in [0.5, 0.6) is 11.5 Å². The van der Waals surface area contributed by atoms with Crippen molar-refractivity contribution >= 4 is 44.3 Å². The third kappa shape index (κ3) is 5.62. The quantitative estimate of drug-likeness (QED) is 0.236. The van der Waals surface area contributed by atoms with Crippen molar-refractivity contribution in [1.82, 2.24) is 14.9 Å². The number of carbonyl (C=O) groups excluding carboxylic acids is 2. The first-order valence-corrected chi connectivity index (χ1v) is 13.1. The largest absolute Gasteiger partial charge is 0.457 e. The van der Waals surface area contributed by atoms with Gasteiger partial charge in [-0.1, -0.05) is 28.1 Å². The van der Waals surface area contributed by atoms with Crippen LogP contribution in [0.2, 0.25) is 0 Å². The van der Waals surface area contributed by atoms with Gasteiger partial charge in [-0.15, -0.1) is 0 Å². The van der Waals surface area contributed by atoms with Crippen molar-refractivity contribution in [2.24, 2.45) is 0 Å². The topological polar surface area (TPSA) is 102 Å². The van der Waals surface area contributed by atoms with Crippen LogP contribution < -0.4 is 20.8 Å². The molecule has 0 saturated carbocycles. The molecule has 0 fully saturated rings. The summed E-state index contributed by atoms with van der Waals surface area (Å²) >= 11 is 3.25. The number of halogens is 2. The van der Waals surface area contributed by atoms with Crippen molar-refractivity contribution in [3.63, 3.8) is 0 Å². The zero-order valence-electron chi connectivity index (χ0n) is 21.2. The number of ether oxygens (including phenoxy) is 1. The number of nitrogens with zero attached hydrogens (tertiary/aromatic N) is 2. The van der Waals surface area contributed by atoms with Crippen LogP contribution in [-0.4, -0.2) is 27.9 Å². The Kier molecular flexibility index (Phi) is 7.70. The highest BCUT2D eigenvalue weighted by atomic mass is 79.9. The summed E-state index contributed by atoms with van der Waals surface area (Å²) in [5.74, 6) is -0.578. The fraction of sp³-hybridized carbons (Fsp3) is 0.0667. The maximum atomic E-state index is 14.9. The predicted molar refractivity (Wildman–Crippen MR) is 154 cm³/mol. The molecule has 0 saturated heterocycles. The van der Waals surface area contributed by atoms with Crippen molar-refractivity contribution in [2.75, 3.05) is 11.9 Å². The van der Waals surface area contributed by atoms with Crippen LogP contribution in [0.15, 0.2) is 101 Å². The highest BCUT2D eigenvalue weighted by molar-refractivity contribution is 9.10. The molecule has 5 aromatic rings. The molecule has 200 valence electrons. The fourth-order valence-corrected chi connectivity index (χ4v) is 4.44. The molecule has 0 radical (unpaired) electrons. The summed E-state index contributed by atoms with van der Waals surface area (Å²) in [6.45, 7) is 2.30. The fourth-order valence-electron chi connectivity index (χ4n) is 4.11. The monoisotopic (exact) mass is 600 g/mol. The van der Waals surface area contributed by atoms with E-state index in [4.69, 9.17) is 4.74 Å². The molecule has 10 heteroatoms. The normalized spacial score (nSPS) is 10.8. The molecule has 2 aromatic heterocycles. The van der Waals surface area contributed by atoms with Crippen LogP contribution in [0.3, 0.4) is 0 Å². The molecule has 0 aliphatic carbocycles. The molecular weight excluding hydrogens is 579 g/mol. The van der Waals surface area contributed by atoms with Gasteiger partial charge in [-0.25, -0.2) is 4.39 Å². The summed E-state index contributed by atoms with van der Waals surface area (Å²) in [6, 6.07) is 21.0. The average molecular weight is 601 g/mol. The van der Waals surface area contributed by atoms with Gasteiger partial charge in [-0.2, -0.15) is 0 Å². The lowest BCUT2D eigenvalue weighted by Crippen LogP contribution is -2.23. The number of aromatic nitrogens is 2. The van der Waals surface area contributed by atoms with Crippen LogP contribution in [0.25, 0.3) is 16.6 Å². The molecular formula is C30H22BrFN4O4. The highest BCUT2D eigenvalue weighted by Crippen LogP contribution is 2.25. The van der Waals surface area contributed by atoms with Gasteiger partial charge >= 0.3 is 0 Å². The van der Waals surface area contributed by atoms with Crippen LogP contribution >= 0.6 is 15.9 Å². The van der Waals surface area contributed by atoms with E-state index in [1.54, 1.807) is 66.7 Å². The van der Waals surface area contributed by atoms with E-state index in [-0.39, 0.29) is 28.2 Å². The molecule has 0 aliphatic heterocycles. The first-order chi connectivity index (χ1) is 19.3. The smallest absolute Gasteiger partial charge is 0.270 e. The third-order valence-corrected chi connectivity index (χ3v) is 6.47. The summed E-state index contributed by atoms with van der Waals surface area (Å²) in [5.41, 5.74) is 0.703. The number of rotatable bonds is 7. The molecule has 3 aromatic carbocycles. The number of fused-ring (bicyclic) bond motifs is 1. The van der Waals surface area contributed by atoms with Crippen molar-refractivity contribution in [3.8, 4) is 17.2 Å². The van der Waals surface area contributed by atoms with E-state index in [0.29, 0.717) is 33.7 Å². The molecule has 2 amide bonds. The van der Waals surface area contributed by atoms with Crippen LogP contribution in [0.1, 0.15) is 27.8 Å². The van der Waals surface area contributed by atoms with Gasteiger partial charge in [0.25, 0.3) is 11.8 Å². The van der Waals surface area contributed by atoms with E-state index in [2.05, 4.69) is 31.5 Å². The summed E-state index contributed by atoms with van der Waals surface area (Å²) in [4.78, 5) is 42.5. The number of hydrogen-bond acceptors (Lipinski definition) is 5.